The molecule has 1 aromatic carbocycles. The number of thioether (sulfide) groups is 1. The first-order valence-corrected chi connectivity index (χ1v) is 6.69. The number of carbonyl (C=O) groups is 1. The molecule has 4 heteroatoms. The number of ketones is 1. The van der Waals surface area contributed by atoms with Gasteiger partial charge in [-0.15, -0.1) is 23.1 Å². The summed E-state index contributed by atoms with van der Waals surface area (Å²) in [5.74, 6) is 0.913. The maximum atomic E-state index is 11.1. The third kappa shape index (κ3) is 2.93. The molecule has 2 nitrogen and oxygen atoms in total. The van der Waals surface area contributed by atoms with Gasteiger partial charge in [0.25, 0.3) is 0 Å². The highest BCUT2D eigenvalue weighted by molar-refractivity contribution is 7.98. The zero-order valence-electron chi connectivity index (χ0n) is 8.84. The molecule has 0 aliphatic heterocycles. The minimum atomic E-state index is 0.0912. The van der Waals surface area contributed by atoms with Gasteiger partial charge in [0.1, 0.15) is 5.01 Å². The second-order valence-electron chi connectivity index (χ2n) is 3.28. The lowest BCUT2D eigenvalue weighted by Gasteiger charge is -1.97. The van der Waals surface area contributed by atoms with E-state index in [9.17, 15) is 4.79 Å². The maximum absolute atomic E-state index is 11.1. The summed E-state index contributed by atoms with van der Waals surface area (Å²) >= 11 is 3.21. The van der Waals surface area contributed by atoms with E-state index in [4.69, 9.17) is 0 Å². The Morgan fingerprint density at radius 2 is 2.12 bits per heavy atom. The average Bonchev–Trinajstić information content (AvgIpc) is 2.76. The van der Waals surface area contributed by atoms with Gasteiger partial charge in [0, 0.05) is 18.0 Å². The van der Waals surface area contributed by atoms with E-state index >= 15 is 0 Å². The van der Waals surface area contributed by atoms with E-state index in [1.807, 2.05) is 18.2 Å². The minimum Gasteiger partial charge on any atom is -0.294 e. The van der Waals surface area contributed by atoms with Crippen LogP contribution in [0, 0.1) is 0 Å². The molecule has 2 aromatic rings. The molecule has 0 aliphatic rings. The first kappa shape index (κ1) is 11.4. The lowest BCUT2D eigenvalue weighted by atomic mass is 10.4. The summed E-state index contributed by atoms with van der Waals surface area (Å²) in [4.78, 5) is 17.3. The van der Waals surface area contributed by atoms with Gasteiger partial charge >= 0.3 is 0 Å². The Morgan fingerprint density at radius 1 is 1.38 bits per heavy atom. The molecule has 0 unspecified atom stereocenters. The lowest BCUT2D eigenvalue weighted by Crippen LogP contribution is -1.83. The number of hydrogen-bond donors (Lipinski definition) is 0. The van der Waals surface area contributed by atoms with E-state index in [0.29, 0.717) is 0 Å². The van der Waals surface area contributed by atoms with Crippen LogP contribution in [0.4, 0.5) is 0 Å². The van der Waals surface area contributed by atoms with E-state index < -0.39 is 0 Å². The van der Waals surface area contributed by atoms with Crippen molar-refractivity contribution >= 4 is 28.9 Å². The monoisotopic (exact) mass is 249 g/mol. The molecular formula is C12H11NOS2. The number of thiazole rings is 1. The highest BCUT2D eigenvalue weighted by atomic mass is 32.2. The summed E-state index contributed by atoms with van der Waals surface area (Å²) in [5, 5.41) is 0.999. The quantitative estimate of drug-likeness (QED) is 0.612. The number of aromatic nitrogens is 1. The number of rotatable bonds is 4. The van der Waals surface area contributed by atoms with E-state index in [0.717, 1.165) is 15.6 Å². The Balaban J connectivity index is 1.97. The first-order chi connectivity index (χ1) is 7.75. The fourth-order valence-electron chi connectivity index (χ4n) is 1.20. The number of nitrogens with zero attached hydrogens (tertiary/aromatic N) is 1. The predicted octanol–water partition coefficient (Wildman–Crippen LogP) is 3.64. The number of carbonyl (C=O) groups excluding carboxylic acids is 1. The third-order valence-corrected chi connectivity index (χ3v) is 4.31. The molecular weight excluding hydrogens is 238 g/mol. The fourth-order valence-corrected chi connectivity index (χ4v) is 2.94. The molecule has 0 aliphatic carbocycles. The van der Waals surface area contributed by atoms with Crippen molar-refractivity contribution in [2.75, 3.05) is 0 Å². The zero-order valence-corrected chi connectivity index (χ0v) is 10.5. The van der Waals surface area contributed by atoms with Crippen LogP contribution in [0.15, 0.2) is 41.4 Å². The molecule has 0 atom stereocenters. The molecule has 0 fully saturated rings. The van der Waals surface area contributed by atoms with Crippen LogP contribution in [-0.4, -0.2) is 10.8 Å². The molecule has 0 spiro atoms. The van der Waals surface area contributed by atoms with Crippen LogP contribution in [0.5, 0.6) is 0 Å². The molecule has 2 rings (SSSR count). The second kappa shape index (κ2) is 5.27. The van der Waals surface area contributed by atoms with E-state index in [1.165, 1.54) is 16.2 Å². The first-order valence-electron chi connectivity index (χ1n) is 4.89. The zero-order chi connectivity index (χ0) is 11.4. The van der Waals surface area contributed by atoms with E-state index in [1.54, 1.807) is 24.9 Å². The fraction of sp³-hybridized carbons (Fsp3) is 0.167. The molecule has 1 heterocycles. The smallest absolute Gasteiger partial charge is 0.171 e. The number of benzene rings is 1. The summed E-state index contributed by atoms with van der Waals surface area (Å²) < 4.78 is 0. The van der Waals surface area contributed by atoms with Crippen molar-refractivity contribution in [2.24, 2.45) is 0 Å². The summed E-state index contributed by atoms with van der Waals surface area (Å²) in [5.41, 5.74) is 0. The van der Waals surface area contributed by atoms with Gasteiger partial charge in [-0.1, -0.05) is 18.2 Å². The van der Waals surface area contributed by atoms with Gasteiger partial charge in [0.15, 0.2) is 5.78 Å². The highest BCUT2D eigenvalue weighted by Gasteiger charge is 2.05. The maximum Gasteiger partial charge on any atom is 0.171 e. The van der Waals surface area contributed by atoms with Gasteiger partial charge in [0.05, 0.1) is 10.6 Å². The Hall–Kier alpha value is -1.13. The van der Waals surface area contributed by atoms with Crippen LogP contribution in [0.2, 0.25) is 0 Å². The Morgan fingerprint density at radius 3 is 2.75 bits per heavy atom. The minimum absolute atomic E-state index is 0.0912. The van der Waals surface area contributed by atoms with Crippen molar-refractivity contribution in [1.29, 1.82) is 0 Å². The van der Waals surface area contributed by atoms with E-state index in [2.05, 4.69) is 17.1 Å². The molecule has 0 saturated heterocycles. The van der Waals surface area contributed by atoms with Gasteiger partial charge in [0.2, 0.25) is 0 Å². The van der Waals surface area contributed by atoms with Gasteiger partial charge in [-0.25, -0.2) is 4.98 Å². The Bertz CT molecular complexity index is 479. The molecule has 82 valence electrons. The van der Waals surface area contributed by atoms with Crippen molar-refractivity contribution in [3.8, 4) is 0 Å². The van der Waals surface area contributed by atoms with Crippen molar-refractivity contribution in [3.63, 3.8) is 0 Å². The summed E-state index contributed by atoms with van der Waals surface area (Å²) in [6.45, 7) is 1.57. The molecule has 0 N–H and O–H groups in total. The molecule has 0 radical (unpaired) electrons. The molecule has 0 bridgehead atoms. The number of hydrogen-bond acceptors (Lipinski definition) is 4. The van der Waals surface area contributed by atoms with Crippen LogP contribution in [0.25, 0.3) is 0 Å². The highest BCUT2D eigenvalue weighted by Crippen LogP contribution is 2.24. The molecule has 16 heavy (non-hydrogen) atoms. The lowest BCUT2D eigenvalue weighted by molar-refractivity contribution is 0.102. The van der Waals surface area contributed by atoms with Crippen LogP contribution >= 0.6 is 23.1 Å². The second-order valence-corrected chi connectivity index (χ2v) is 5.44. The molecule has 0 amide bonds. The van der Waals surface area contributed by atoms with Crippen molar-refractivity contribution in [3.05, 3.63) is 46.4 Å². The standard InChI is InChI=1S/C12H11NOS2/c1-9(14)11-7-13-12(16-11)8-15-10-5-3-2-4-6-10/h2-7H,8H2,1H3. The normalized spacial score (nSPS) is 10.3. The Labute approximate surface area is 103 Å². The van der Waals surface area contributed by atoms with Gasteiger partial charge < -0.3 is 0 Å². The van der Waals surface area contributed by atoms with Crippen molar-refractivity contribution in [2.45, 2.75) is 17.6 Å². The number of Topliss-reactive ketones (excluding diaryl/α,β-unsaturated/α-hetero) is 1. The van der Waals surface area contributed by atoms with Gasteiger partial charge in [-0.05, 0) is 12.1 Å². The van der Waals surface area contributed by atoms with Crippen LogP contribution in [0.1, 0.15) is 21.6 Å². The summed E-state index contributed by atoms with van der Waals surface area (Å²) in [6.07, 6.45) is 1.66. The predicted molar refractivity (Wildman–Crippen MR) is 68.1 cm³/mol. The average molecular weight is 249 g/mol. The van der Waals surface area contributed by atoms with E-state index in [-0.39, 0.29) is 5.78 Å². The Kier molecular flexibility index (Phi) is 3.74. The molecule has 0 saturated carbocycles. The topological polar surface area (TPSA) is 30.0 Å². The summed E-state index contributed by atoms with van der Waals surface area (Å²) in [6, 6.07) is 10.2. The summed E-state index contributed by atoms with van der Waals surface area (Å²) in [7, 11) is 0. The molecule has 1 aromatic heterocycles. The largest absolute Gasteiger partial charge is 0.294 e. The van der Waals surface area contributed by atoms with Crippen LogP contribution in [-0.2, 0) is 5.75 Å². The van der Waals surface area contributed by atoms with Crippen molar-refractivity contribution < 1.29 is 4.79 Å². The van der Waals surface area contributed by atoms with Crippen LogP contribution < -0.4 is 0 Å². The van der Waals surface area contributed by atoms with Gasteiger partial charge in [-0.2, -0.15) is 0 Å². The third-order valence-electron chi connectivity index (χ3n) is 2.01. The van der Waals surface area contributed by atoms with Gasteiger partial charge in [-0.3, -0.25) is 4.79 Å². The van der Waals surface area contributed by atoms with Crippen LogP contribution in [0.3, 0.4) is 0 Å². The van der Waals surface area contributed by atoms with Crippen molar-refractivity contribution in [1.82, 2.24) is 4.98 Å². The SMILES string of the molecule is CC(=O)c1cnc(CSc2ccccc2)s1.